The van der Waals surface area contributed by atoms with Gasteiger partial charge in [0.15, 0.2) is 0 Å². The number of nitrogens with zero attached hydrogens (tertiary/aromatic N) is 3. The Morgan fingerprint density at radius 3 is 2.72 bits per heavy atom. The van der Waals surface area contributed by atoms with Crippen LogP contribution in [0, 0.1) is 4.91 Å². The van der Waals surface area contributed by atoms with E-state index in [1.165, 1.54) is 0 Å². The Hall–Kier alpha value is -3.35. The molecular weight excluding hydrogens is 320 g/mol. The van der Waals surface area contributed by atoms with Gasteiger partial charge in [0.1, 0.15) is 6.04 Å². The van der Waals surface area contributed by atoms with Crippen molar-refractivity contribution < 1.29 is 9.90 Å². The number of imidazole rings is 1. The fourth-order valence-electron chi connectivity index (χ4n) is 3.26. The van der Waals surface area contributed by atoms with Crippen LogP contribution in [0.3, 0.4) is 0 Å². The van der Waals surface area contributed by atoms with Crippen molar-refractivity contribution in [2.75, 3.05) is 0 Å². The summed E-state index contributed by atoms with van der Waals surface area (Å²) in [6.07, 6.45) is 4.77. The molecule has 0 bridgehead atoms. The van der Waals surface area contributed by atoms with Crippen molar-refractivity contribution in [3.8, 4) is 22.5 Å². The molecule has 0 spiro atoms. The number of carboxylic acids is 1. The van der Waals surface area contributed by atoms with E-state index in [0.717, 1.165) is 28.7 Å². The van der Waals surface area contributed by atoms with Gasteiger partial charge in [0.05, 0.1) is 11.4 Å². The Labute approximate surface area is 142 Å². The number of nitrogens with one attached hydrogen (secondary N) is 1. The fraction of sp³-hybridized carbons (Fsp3) is 0.167. The number of H-pyrrole nitrogens is 1. The Morgan fingerprint density at radius 1 is 1.20 bits per heavy atom. The van der Waals surface area contributed by atoms with Crippen LogP contribution in [-0.2, 0) is 6.42 Å². The highest BCUT2D eigenvalue weighted by Crippen LogP contribution is 2.38. The van der Waals surface area contributed by atoms with Crippen LogP contribution >= 0.6 is 0 Å². The minimum absolute atomic E-state index is 0.116. The summed E-state index contributed by atoms with van der Waals surface area (Å²) in [5.74, 6) is -1.23. The first-order valence-electron chi connectivity index (χ1n) is 7.86. The summed E-state index contributed by atoms with van der Waals surface area (Å²) in [6.45, 7) is 0. The second-order valence-corrected chi connectivity index (χ2v) is 5.92. The summed E-state index contributed by atoms with van der Waals surface area (Å²) >= 11 is 0. The number of hydrogen-bond acceptors (Lipinski definition) is 5. The van der Waals surface area contributed by atoms with Crippen LogP contribution < -0.4 is 0 Å². The Bertz CT molecular complexity index is 966. The van der Waals surface area contributed by atoms with Gasteiger partial charge in [-0.3, -0.25) is 4.98 Å². The van der Waals surface area contributed by atoms with Crippen LogP contribution in [0.1, 0.15) is 34.2 Å². The van der Waals surface area contributed by atoms with Crippen LogP contribution in [-0.4, -0.2) is 26.0 Å². The molecule has 7 nitrogen and oxygen atoms in total. The van der Waals surface area contributed by atoms with E-state index in [1.54, 1.807) is 24.5 Å². The minimum Gasteiger partial charge on any atom is -0.475 e. The molecular formula is C18H14N4O3. The number of rotatable bonds is 4. The lowest BCUT2D eigenvalue weighted by Crippen LogP contribution is -1.98. The smallest absolute Gasteiger partial charge is 0.371 e. The number of pyridine rings is 1. The molecule has 2 heterocycles. The largest absolute Gasteiger partial charge is 0.475 e. The highest BCUT2D eigenvalue weighted by Gasteiger charge is 2.25. The van der Waals surface area contributed by atoms with E-state index in [-0.39, 0.29) is 11.9 Å². The van der Waals surface area contributed by atoms with E-state index >= 15 is 0 Å². The lowest BCUT2D eigenvalue weighted by molar-refractivity contribution is 0.0685. The summed E-state index contributed by atoms with van der Waals surface area (Å²) < 4.78 is 0. The summed E-state index contributed by atoms with van der Waals surface area (Å²) in [5.41, 5.74) is 4.80. The van der Waals surface area contributed by atoms with Crippen LogP contribution in [0.2, 0.25) is 0 Å². The minimum atomic E-state index is -1.12. The van der Waals surface area contributed by atoms with Crippen LogP contribution in [0.4, 0.5) is 0 Å². The van der Waals surface area contributed by atoms with Gasteiger partial charge in [-0.1, -0.05) is 17.3 Å². The molecule has 0 saturated carbocycles. The molecule has 2 aromatic heterocycles. The molecule has 0 saturated heterocycles. The van der Waals surface area contributed by atoms with Gasteiger partial charge in [-0.2, -0.15) is 4.91 Å². The fourth-order valence-corrected chi connectivity index (χ4v) is 3.26. The number of aryl methyl sites for hydroxylation is 1. The standard InChI is InChI=1S/C18H14N4O3/c23-18(24)17-20-15(10-5-7-19-8-6-10)16(21-17)12-1-3-13-11(9-12)2-4-14(13)22-25/h1,3,5-9,14H,2,4H2,(H,20,21)(H,23,24). The number of hydrogen-bond donors (Lipinski definition) is 2. The molecule has 0 fully saturated rings. The Morgan fingerprint density at radius 2 is 2.00 bits per heavy atom. The average Bonchev–Trinajstić information content (AvgIpc) is 3.26. The van der Waals surface area contributed by atoms with E-state index < -0.39 is 5.97 Å². The van der Waals surface area contributed by atoms with Gasteiger partial charge < -0.3 is 10.1 Å². The Kier molecular flexibility index (Phi) is 3.61. The van der Waals surface area contributed by atoms with Crippen LogP contribution in [0.5, 0.6) is 0 Å². The lowest BCUT2D eigenvalue weighted by Gasteiger charge is -2.07. The van der Waals surface area contributed by atoms with Crippen molar-refractivity contribution in [3.05, 3.63) is 64.6 Å². The number of aromatic amines is 1. The molecule has 25 heavy (non-hydrogen) atoms. The van der Waals surface area contributed by atoms with Crippen molar-refractivity contribution in [2.45, 2.75) is 18.9 Å². The second kappa shape index (κ2) is 5.94. The summed E-state index contributed by atoms with van der Waals surface area (Å²) in [6, 6.07) is 9.00. The number of carbonyl (C=O) groups is 1. The van der Waals surface area contributed by atoms with E-state index in [4.69, 9.17) is 0 Å². The van der Waals surface area contributed by atoms with E-state index in [1.807, 2.05) is 18.2 Å². The third-order valence-electron chi connectivity index (χ3n) is 4.47. The zero-order valence-corrected chi connectivity index (χ0v) is 13.1. The van der Waals surface area contributed by atoms with Gasteiger partial charge >= 0.3 is 5.97 Å². The maximum absolute atomic E-state index is 11.3. The molecule has 1 aromatic carbocycles. The maximum Gasteiger partial charge on any atom is 0.371 e. The van der Waals surface area contributed by atoms with Gasteiger partial charge in [0, 0.05) is 23.5 Å². The quantitative estimate of drug-likeness (QED) is 0.709. The average molecular weight is 334 g/mol. The molecule has 2 N–H and O–H groups in total. The molecule has 3 aromatic rings. The van der Waals surface area contributed by atoms with Crippen molar-refractivity contribution >= 4 is 5.97 Å². The first-order valence-corrected chi connectivity index (χ1v) is 7.86. The summed E-state index contributed by atoms with van der Waals surface area (Å²) in [7, 11) is 0. The molecule has 7 heteroatoms. The van der Waals surface area contributed by atoms with Crippen molar-refractivity contribution in [1.82, 2.24) is 15.0 Å². The first-order chi connectivity index (χ1) is 12.2. The normalized spacial score (nSPS) is 15.8. The van der Waals surface area contributed by atoms with Gasteiger partial charge in [-0.15, -0.1) is 0 Å². The van der Waals surface area contributed by atoms with Crippen molar-refractivity contribution in [3.63, 3.8) is 0 Å². The van der Waals surface area contributed by atoms with Crippen molar-refractivity contribution in [1.29, 1.82) is 0 Å². The molecule has 1 atom stereocenters. The summed E-state index contributed by atoms with van der Waals surface area (Å²) in [5, 5.41) is 12.5. The van der Waals surface area contributed by atoms with E-state index in [9.17, 15) is 14.8 Å². The molecule has 0 radical (unpaired) electrons. The Balaban J connectivity index is 1.85. The van der Waals surface area contributed by atoms with E-state index in [2.05, 4.69) is 20.1 Å². The molecule has 1 aliphatic rings. The number of nitroso groups, excluding NO2 is 1. The zero-order valence-electron chi connectivity index (χ0n) is 13.1. The molecule has 4 rings (SSSR count). The predicted octanol–water partition coefficient (Wildman–Crippen LogP) is 3.59. The summed E-state index contributed by atoms with van der Waals surface area (Å²) in [4.78, 5) is 33.4. The van der Waals surface area contributed by atoms with E-state index in [0.29, 0.717) is 17.8 Å². The highest BCUT2D eigenvalue weighted by atomic mass is 16.4. The third kappa shape index (κ3) is 2.59. The SMILES string of the molecule is O=NC1CCc2cc(-c3nc(C(=O)O)[nH]c3-c3ccncc3)ccc21. The molecule has 1 aliphatic carbocycles. The molecule has 0 aliphatic heterocycles. The number of aromatic nitrogens is 3. The first kappa shape index (κ1) is 15.2. The monoisotopic (exact) mass is 334 g/mol. The number of aromatic carboxylic acids is 1. The molecule has 124 valence electrons. The zero-order chi connectivity index (χ0) is 17.4. The van der Waals surface area contributed by atoms with Crippen LogP contribution in [0.25, 0.3) is 22.5 Å². The van der Waals surface area contributed by atoms with Crippen LogP contribution in [0.15, 0.2) is 47.9 Å². The van der Waals surface area contributed by atoms with Gasteiger partial charge in [-0.25, -0.2) is 9.78 Å². The predicted molar refractivity (Wildman–Crippen MR) is 91.1 cm³/mol. The highest BCUT2D eigenvalue weighted by molar-refractivity contribution is 5.88. The molecule has 1 unspecified atom stereocenters. The topological polar surface area (TPSA) is 108 Å². The van der Waals surface area contributed by atoms with Gasteiger partial charge in [0.2, 0.25) is 5.82 Å². The molecule has 0 amide bonds. The van der Waals surface area contributed by atoms with Gasteiger partial charge in [0.25, 0.3) is 0 Å². The van der Waals surface area contributed by atoms with Gasteiger partial charge in [-0.05, 0) is 42.2 Å². The lowest BCUT2D eigenvalue weighted by atomic mass is 10.0. The number of carboxylic acid groups (broad SMARTS) is 1. The third-order valence-corrected chi connectivity index (χ3v) is 4.47. The number of benzene rings is 1. The maximum atomic E-state index is 11.3. The second-order valence-electron chi connectivity index (χ2n) is 5.92. The number of fused-ring (bicyclic) bond motifs is 1. The van der Waals surface area contributed by atoms with Crippen molar-refractivity contribution in [2.24, 2.45) is 5.18 Å².